The highest BCUT2D eigenvalue weighted by molar-refractivity contribution is 5.98. The van der Waals surface area contributed by atoms with Gasteiger partial charge in [0.15, 0.2) is 0 Å². The van der Waals surface area contributed by atoms with Crippen molar-refractivity contribution in [1.29, 1.82) is 0 Å². The van der Waals surface area contributed by atoms with Gasteiger partial charge in [0.2, 0.25) is 5.88 Å². The van der Waals surface area contributed by atoms with Gasteiger partial charge in [-0.15, -0.1) is 0 Å². The minimum absolute atomic E-state index is 0.0971. The fraction of sp³-hybridized carbons (Fsp3) is 0.438. The summed E-state index contributed by atoms with van der Waals surface area (Å²) >= 11 is 0. The zero-order chi connectivity index (χ0) is 14.1. The molecule has 1 aromatic carbocycles. The Labute approximate surface area is 119 Å². The highest BCUT2D eigenvalue weighted by Crippen LogP contribution is 2.32. The van der Waals surface area contributed by atoms with Crippen molar-refractivity contribution in [2.45, 2.75) is 44.7 Å². The SMILES string of the molecule is Cc1cnc(O)c2cccc(N[C@H]3CC[C@@H](N)CC3)c12. The number of aromatic hydroxyl groups is 1. The lowest BCUT2D eigenvalue weighted by molar-refractivity contribution is 0.411. The number of pyridine rings is 1. The molecule has 3 rings (SSSR count). The van der Waals surface area contributed by atoms with Crippen molar-refractivity contribution in [2.24, 2.45) is 5.73 Å². The highest BCUT2D eigenvalue weighted by atomic mass is 16.3. The highest BCUT2D eigenvalue weighted by Gasteiger charge is 2.19. The van der Waals surface area contributed by atoms with E-state index in [1.54, 1.807) is 6.20 Å². The molecular formula is C16H21N3O. The van der Waals surface area contributed by atoms with Crippen LogP contribution in [0.2, 0.25) is 0 Å². The second kappa shape index (κ2) is 5.29. The summed E-state index contributed by atoms with van der Waals surface area (Å²) in [7, 11) is 0. The van der Waals surface area contributed by atoms with Crippen LogP contribution in [0.5, 0.6) is 5.88 Å². The molecule has 1 saturated carbocycles. The number of nitrogens with two attached hydrogens (primary N) is 1. The monoisotopic (exact) mass is 271 g/mol. The normalized spacial score (nSPS) is 22.9. The van der Waals surface area contributed by atoms with Crippen molar-refractivity contribution in [3.05, 3.63) is 30.0 Å². The predicted octanol–water partition coefficient (Wildman–Crippen LogP) is 2.93. The minimum Gasteiger partial charge on any atom is -0.493 e. The second-order valence-electron chi connectivity index (χ2n) is 5.75. The average Bonchev–Trinajstić information content (AvgIpc) is 2.46. The van der Waals surface area contributed by atoms with Crippen LogP contribution >= 0.6 is 0 Å². The molecule has 1 aromatic heterocycles. The number of aryl methyl sites for hydroxylation is 1. The Hall–Kier alpha value is -1.81. The van der Waals surface area contributed by atoms with Crippen molar-refractivity contribution < 1.29 is 5.11 Å². The lowest BCUT2D eigenvalue weighted by atomic mass is 9.91. The number of anilines is 1. The molecule has 1 aliphatic carbocycles. The van der Waals surface area contributed by atoms with Gasteiger partial charge in [-0.05, 0) is 50.3 Å². The van der Waals surface area contributed by atoms with Crippen LogP contribution in [0.4, 0.5) is 5.69 Å². The zero-order valence-corrected chi connectivity index (χ0v) is 11.8. The summed E-state index contributed by atoms with van der Waals surface area (Å²) in [5.74, 6) is 0.0971. The van der Waals surface area contributed by atoms with E-state index in [4.69, 9.17) is 5.73 Å². The van der Waals surface area contributed by atoms with Crippen molar-refractivity contribution in [1.82, 2.24) is 4.98 Å². The lowest BCUT2D eigenvalue weighted by Crippen LogP contribution is -2.32. The van der Waals surface area contributed by atoms with Gasteiger partial charge in [-0.2, -0.15) is 0 Å². The summed E-state index contributed by atoms with van der Waals surface area (Å²) in [6.07, 6.45) is 6.09. The number of fused-ring (bicyclic) bond motifs is 1. The third kappa shape index (κ3) is 2.43. The van der Waals surface area contributed by atoms with Crippen LogP contribution in [-0.4, -0.2) is 22.2 Å². The summed E-state index contributed by atoms with van der Waals surface area (Å²) in [6, 6.07) is 6.77. The van der Waals surface area contributed by atoms with Crippen molar-refractivity contribution in [3.8, 4) is 5.88 Å². The maximum Gasteiger partial charge on any atom is 0.218 e. The van der Waals surface area contributed by atoms with Crippen LogP contribution < -0.4 is 11.1 Å². The first-order valence-electron chi connectivity index (χ1n) is 7.24. The number of nitrogens with one attached hydrogen (secondary N) is 1. The van der Waals surface area contributed by atoms with Crippen LogP contribution in [0.3, 0.4) is 0 Å². The largest absolute Gasteiger partial charge is 0.493 e. The van der Waals surface area contributed by atoms with E-state index < -0.39 is 0 Å². The Morgan fingerprint density at radius 3 is 2.75 bits per heavy atom. The number of benzene rings is 1. The molecule has 0 amide bonds. The summed E-state index contributed by atoms with van der Waals surface area (Å²) in [5, 5.41) is 15.4. The molecular weight excluding hydrogens is 250 g/mol. The maximum absolute atomic E-state index is 9.91. The summed E-state index contributed by atoms with van der Waals surface area (Å²) < 4.78 is 0. The Bertz CT molecular complexity index is 618. The van der Waals surface area contributed by atoms with E-state index in [9.17, 15) is 5.11 Å². The maximum atomic E-state index is 9.91. The fourth-order valence-electron chi connectivity index (χ4n) is 3.06. The molecule has 106 valence electrons. The molecule has 1 fully saturated rings. The van der Waals surface area contributed by atoms with Gasteiger partial charge in [-0.1, -0.05) is 6.07 Å². The van der Waals surface area contributed by atoms with Crippen molar-refractivity contribution in [3.63, 3.8) is 0 Å². The molecule has 1 heterocycles. The van der Waals surface area contributed by atoms with Crippen LogP contribution in [0, 0.1) is 6.92 Å². The van der Waals surface area contributed by atoms with Crippen LogP contribution in [0.1, 0.15) is 31.2 Å². The third-order valence-electron chi connectivity index (χ3n) is 4.21. The van der Waals surface area contributed by atoms with E-state index in [-0.39, 0.29) is 5.88 Å². The van der Waals surface area contributed by atoms with Gasteiger partial charge in [0, 0.05) is 34.7 Å². The molecule has 0 atom stereocenters. The van der Waals surface area contributed by atoms with E-state index in [2.05, 4.69) is 16.4 Å². The standard InChI is InChI=1S/C16H21N3O/c1-10-9-18-16(20)13-3-2-4-14(15(10)13)19-12-7-5-11(17)6-8-12/h2-4,9,11-12,19H,5-8,17H2,1H3,(H,18,20)/t11-,12+. The van der Waals surface area contributed by atoms with Crippen LogP contribution in [0.15, 0.2) is 24.4 Å². The van der Waals surface area contributed by atoms with Gasteiger partial charge >= 0.3 is 0 Å². The first kappa shape index (κ1) is 13.2. The molecule has 0 unspecified atom stereocenters. The van der Waals surface area contributed by atoms with Crippen molar-refractivity contribution >= 4 is 16.5 Å². The first-order chi connectivity index (χ1) is 9.65. The second-order valence-corrected chi connectivity index (χ2v) is 5.75. The number of rotatable bonds is 2. The summed E-state index contributed by atoms with van der Waals surface area (Å²) in [6.45, 7) is 2.02. The molecule has 0 radical (unpaired) electrons. The Kier molecular flexibility index (Phi) is 3.49. The quantitative estimate of drug-likeness (QED) is 0.785. The Balaban J connectivity index is 1.94. The minimum atomic E-state index is 0.0971. The molecule has 0 spiro atoms. The predicted molar refractivity (Wildman–Crippen MR) is 82.0 cm³/mol. The van der Waals surface area contributed by atoms with Gasteiger partial charge in [0.1, 0.15) is 0 Å². The molecule has 1 aliphatic rings. The topological polar surface area (TPSA) is 71.2 Å². The van der Waals surface area contributed by atoms with Gasteiger partial charge < -0.3 is 16.2 Å². The van der Waals surface area contributed by atoms with Gasteiger partial charge in [-0.3, -0.25) is 0 Å². The van der Waals surface area contributed by atoms with Gasteiger partial charge in [0.05, 0.1) is 0 Å². The first-order valence-corrected chi connectivity index (χ1v) is 7.24. The third-order valence-corrected chi connectivity index (χ3v) is 4.21. The van der Waals surface area contributed by atoms with Crippen LogP contribution in [-0.2, 0) is 0 Å². The van der Waals surface area contributed by atoms with Gasteiger partial charge in [0.25, 0.3) is 0 Å². The molecule has 4 nitrogen and oxygen atoms in total. The number of hydrogen-bond acceptors (Lipinski definition) is 4. The molecule has 0 saturated heterocycles. The van der Waals surface area contributed by atoms with E-state index in [1.165, 1.54) is 0 Å². The summed E-state index contributed by atoms with van der Waals surface area (Å²) in [5.41, 5.74) is 8.11. The van der Waals surface area contributed by atoms with Crippen LogP contribution in [0.25, 0.3) is 10.8 Å². The van der Waals surface area contributed by atoms with E-state index in [1.807, 2.05) is 19.1 Å². The molecule has 0 bridgehead atoms. The number of aromatic nitrogens is 1. The Morgan fingerprint density at radius 2 is 2.00 bits per heavy atom. The Morgan fingerprint density at radius 1 is 1.25 bits per heavy atom. The number of nitrogens with zero attached hydrogens (tertiary/aromatic N) is 1. The molecule has 4 N–H and O–H groups in total. The lowest BCUT2D eigenvalue weighted by Gasteiger charge is -2.28. The molecule has 4 heteroatoms. The molecule has 0 aliphatic heterocycles. The van der Waals surface area contributed by atoms with E-state index >= 15 is 0 Å². The van der Waals surface area contributed by atoms with Gasteiger partial charge in [-0.25, -0.2) is 4.98 Å². The van der Waals surface area contributed by atoms with Crippen molar-refractivity contribution in [2.75, 3.05) is 5.32 Å². The molecule has 2 aromatic rings. The van der Waals surface area contributed by atoms with E-state index in [0.717, 1.165) is 47.7 Å². The fourth-order valence-corrected chi connectivity index (χ4v) is 3.06. The average molecular weight is 271 g/mol. The number of hydrogen-bond donors (Lipinski definition) is 3. The molecule has 20 heavy (non-hydrogen) atoms. The summed E-state index contributed by atoms with van der Waals surface area (Å²) in [4.78, 5) is 4.02. The van der Waals surface area contributed by atoms with E-state index in [0.29, 0.717) is 12.1 Å². The smallest absolute Gasteiger partial charge is 0.218 e. The zero-order valence-electron chi connectivity index (χ0n) is 11.8.